The molecule has 2 aliphatic rings. The average molecular weight is 122 g/mol. The van der Waals surface area contributed by atoms with E-state index in [0.29, 0.717) is 0 Å². The van der Waals surface area contributed by atoms with Crippen LogP contribution in [0.15, 0.2) is 23.5 Å². The fourth-order valence-electron chi connectivity index (χ4n) is 1.24. The van der Waals surface area contributed by atoms with E-state index in [2.05, 4.69) is 22.8 Å². The normalized spacial score (nSPS) is 23.1. The molecular formula is C7H10N2. The number of hydrogen-bond acceptors (Lipinski definition) is 2. The summed E-state index contributed by atoms with van der Waals surface area (Å²) in [6, 6.07) is 0. The number of rotatable bonds is 0. The molecule has 1 aliphatic heterocycles. The van der Waals surface area contributed by atoms with E-state index in [1.165, 1.54) is 24.2 Å². The molecular weight excluding hydrogens is 112 g/mol. The van der Waals surface area contributed by atoms with Crippen molar-refractivity contribution in [3.63, 3.8) is 0 Å². The second-order valence-electron chi connectivity index (χ2n) is 2.34. The second-order valence-corrected chi connectivity index (χ2v) is 2.34. The maximum atomic E-state index is 3.24. The van der Waals surface area contributed by atoms with Gasteiger partial charge in [0, 0.05) is 0 Å². The molecule has 0 unspecified atom stereocenters. The van der Waals surface area contributed by atoms with E-state index in [9.17, 15) is 0 Å². The molecule has 2 heteroatoms. The SMILES string of the molecule is C1=C2NCNC2=CCC1. The number of fused-ring (bicyclic) bond motifs is 1. The largest absolute Gasteiger partial charge is 0.367 e. The van der Waals surface area contributed by atoms with E-state index < -0.39 is 0 Å². The van der Waals surface area contributed by atoms with E-state index >= 15 is 0 Å². The zero-order valence-corrected chi connectivity index (χ0v) is 5.28. The van der Waals surface area contributed by atoms with E-state index in [4.69, 9.17) is 0 Å². The monoisotopic (exact) mass is 122 g/mol. The zero-order valence-electron chi connectivity index (χ0n) is 5.28. The first-order valence-corrected chi connectivity index (χ1v) is 3.35. The fourth-order valence-corrected chi connectivity index (χ4v) is 1.24. The maximum Gasteiger partial charge on any atom is 0.0850 e. The third-order valence-corrected chi connectivity index (χ3v) is 1.71. The summed E-state index contributed by atoms with van der Waals surface area (Å²) >= 11 is 0. The topological polar surface area (TPSA) is 24.1 Å². The standard InChI is InChI=1S/C7H10N2/c1-2-4-7-6(3-1)8-5-9-7/h3-4,8-9H,1-2,5H2. The molecule has 0 atom stereocenters. The van der Waals surface area contributed by atoms with Gasteiger partial charge in [-0.1, -0.05) is 12.2 Å². The van der Waals surface area contributed by atoms with E-state index in [1.54, 1.807) is 0 Å². The Bertz CT molecular complexity index is 159. The van der Waals surface area contributed by atoms with Crippen LogP contribution in [0.5, 0.6) is 0 Å². The number of hydrogen-bond donors (Lipinski definition) is 2. The van der Waals surface area contributed by atoms with Crippen LogP contribution in [0.4, 0.5) is 0 Å². The molecule has 0 amide bonds. The summed E-state index contributed by atoms with van der Waals surface area (Å²) < 4.78 is 0. The van der Waals surface area contributed by atoms with Crippen molar-refractivity contribution in [2.24, 2.45) is 0 Å². The predicted octanol–water partition coefficient (Wildman–Crippen LogP) is 0.698. The van der Waals surface area contributed by atoms with Crippen LogP contribution in [-0.4, -0.2) is 6.67 Å². The molecule has 9 heavy (non-hydrogen) atoms. The van der Waals surface area contributed by atoms with Crippen molar-refractivity contribution in [1.82, 2.24) is 10.6 Å². The molecule has 1 aliphatic carbocycles. The summed E-state index contributed by atoms with van der Waals surface area (Å²) in [5.74, 6) is 0. The molecule has 0 bridgehead atoms. The summed E-state index contributed by atoms with van der Waals surface area (Å²) in [4.78, 5) is 0. The highest BCUT2D eigenvalue weighted by atomic mass is 15.2. The Morgan fingerprint density at radius 2 is 1.56 bits per heavy atom. The molecule has 0 spiro atoms. The summed E-state index contributed by atoms with van der Waals surface area (Å²) in [5, 5.41) is 6.48. The van der Waals surface area contributed by atoms with Crippen molar-refractivity contribution < 1.29 is 0 Å². The van der Waals surface area contributed by atoms with Crippen LogP contribution in [0.2, 0.25) is 0 Å². The molecule has 1 saturated heterocycles. The van der Waals surface area contributed by atoms with Gasteiger partial charge in [0.05, 0.1) is 18.1 Å². The van der Waals surface area contributed by atoms with Gasteiger partial charge in [-0.2, -0.15) is 0 Å². The first-order valence-electron chi connectivity index (χ1n) is 3.35. The second kappa shape index (κ2) is 1.79. The molecule has 0 radical (unpaired) electrons. The van der Waals surface area contributed by atoms with Crippen LogP contribution in [-0.2, 0) is 0 Å². The third kappa shape index (κ3) is 0.707. The molecule has 0 saturated carbocycles. The van der Waals surface area contributed by atoms with Crippen molar-refractivity contribution in [2.45, 2.75) is 12.8 Å². The van der Waals surface area contributed by atoms with Crippen LogP contribution >= 0.6 is 0 Å². The van der Waals surface area contributed by atoms with Crippen molar-refractivity contribution >= 4 is 0 Å². The van der Waals surface area contributed by atoms with Gasteiger partial charge >= 0.3 is 0 Å². The lowest BCUT2D eigenvalue weighted by molar-refractivity contribution is 0.840. The summed E-state index contributed by atoms with van der Waals surface area (Å²) in [7, 11) is 0. The van der Waals surface area contributed by atoms with E-state index in [-0.39, 0.29) is 0 Å². The third-order valence-electron chi connectivity index (χ3n) is 1.71. The molecule has 1 fully saturated rings. The summed E-state index contributed by atoms with van der Waals surface area (Å²) in [6.07, 6.45) is 6.87. The highest BCUT2D eigenvalue weighted by Gasteiger charge is 2.12. The van der Waals surface area contributed by atoms with Crippen LogP contribution in [0, 0.1) is 0 Å². The molecule has 0 aromatic carbocycles. The molecule has 0 aromatic rings. The quantitative estimate of drug-likeness (QED) is 0.494. The Morgan fingerprint density at radius 3 is 2.11 bits per heavy atom. The van der Waals surface area contributed by atoms with Crippen molar-refractivity contribution in [2.75, 3.05) is 6.67 Å². The highest BCUT2D eigenvalue weighted by Crippen LogP contribution is 2.16. The van der Waals surface area contributed by atoms with Crippen LogP contribution in [0.1, 0.15) is 12.8 Å². The van der Waals surface area contributed by atoms with Gasteiger partial charge in [0.25, 0.3) is 0 Å². The lowest BCUT2D eigenvalue weighted by atomic mass is 10.1. The van der Waals surface area contributed by atoms with Crippen molar-refractivity contribution in [3.8, 4) is 0 Å². The predicted molar refractivity (Wildman–Crippen MR) is 36.5 cm³/mol. The summed E-state index contributed by atoms with van der Waals surface area (Å²) in [6.45, 7) is 0.900. The van der Waals surface area contributed by atoms with Gasteiger partial charge < -0.3 is 10.6 Å². The van der Waals surface area contributed by atoms with Gasteiger partial charge in [-0.15, -0.1) is 0 Å². The molecule has 1 heterocycles. The molecule has 2 N–H and O–H groups in total. The first kappa shape index (κ1) is 4.91. The molecule has 48 valence electrons. The van der Waals surface area contributed by atoms with E-state index in [1.807, 2.05) is 0 Å². The molecule has 0 aromatic heterocycles. The Balaban J connectivity index is 2.30. The minimum Gasteiger partial charge on any atom is -0.367 e. The van der Waals surface area contributed by atoms with Gasteiger partial charge in [0.15, 0.2) is 0 Å². The highest BCUT2D eigenvalue weighted by molar-refractivity contribution is 5.33. The van der Waals surface area contributed by atoms with Crippen LogP contribution in [0.3, 0.4) is 0 Å². The number of nitrogens with one attached hydrogen (secondary N) is 2. The summed E-state index contributed by atoms with van der Waals surface area (Å²) in [5.41, 5.74) is 2.59. The van der Waals surface area contributed by atoms with Gasteiger partial charge in [-0.05, 0) is 12.8 Å². The van der Waals surface area contributed by atoms with Crippen LogP contribution in [0.25, 0.3) is 0 Å². The Hall–Kier alpha value is -0.920. The van der Waals surface area contributed by atoms with Gasteiger partial charge in [-0.3, -0.25) is 0 Å². The smallest absolute Gasteiger partial charge is 0.0850 e. The Labute approximate surface area is 54.6 Å². The van der Waals surface area contributed by atoms with E-state index in [0.717, 1.165) is 6.67 Å². The van der Waals surface area contributed by atoms with Gasteiger partial charge in [0.1, 0.15) is 0 Å². The Morgan fingerprint density at radius 1 is 1.00 bits per heavy atom. The minimum atomic E-state index is 0.900. The van der Waals surface area contributed by atoms with Gasteiger partial charge in [-0.25, -0.2) is 0 Å². The average Bonchev–Trinajstić information content (AvgIpc) is 2.33. The fraction of sp³-hybridized carbons (Fsp3) is 0.429. The molecule has 2 nitrogen and oxygen atoms in total. The van der Waals surface area contributed by atoms with Gasteiger partial charge in [0.2, 0.25) is 0 Å². The zero-order chi connectivity index (χ0) is 6.10. The minimum absolute atomic E-state index is 0.900. The Kier molecular flexibility index (Phi) is 0.979. The van der Waals surface area contributed by atoms with Crippen LogP contribution < -0.4 is 10.6 Å². The maximum absolute atomic E-state index is 3.24. The number of allylic oxidation sites excluding steroid dienone is 2. The van der Waals surface area contributed by atoms with Crippen molar-refractivity contribution in [3.05, 3.63) is 23.5 Å². The first-order chi connectivity index (χ1) is 4.47. The van der Waals surface area contributed by atoms with Crippen molar-refractivity contribution in [1.29, 1.82) is 0 Å². The lowest BCUT2D eigenvalue weighted by Crippen LogP contribution is -2.10. The molecule has 2 rings (SSSR count). The lowest BCUT2D eigenvalue weighted by Gasteiger charge is -2.04.